The third kappa shape index (κ3) is 4.94. The van der Waals surface area contributed by atoms with E-state index in [0.29, 0.717) is 4.90 Å². The van der Waals surface area contributed by atoms with Crippen LogP contribution in [0.15, 0.2) is 0 Å². The molecule has 0 aromatic heterocycles. The molecule has 0 N–H and O–H groups in total. The topological polar surface area (TPSA) is 99.2 Å². The summed E-state index contributed by atoms with van der Waals surface area (Å²) in [5.41, 5.74) is 0. The zero-order valence-corrected chi connectivity index (χ0v) is 11.1. The van der Waals surface area contributed by atoms with Gasteiger partial charge >= 0.3 is 18.0 Å². The molecule has 0 spiro atoms. The van der Waals surface area contributed by atoms with Crippen molar-refractivity contribution in [3.8, 4) is 0 Å². The van der Waals surface area contributed by atoms with Gasteiger partial charge in [-0.05, 0) is 20.8 Å². The van der Waals surface area contributed by atoms with Crippen molar-refractivity contribution in [2.75, 3.05) is 19.8 Å². The first kappa shape index (κ1) is 16.9. The molecular weight excluding hydrogens is 258 g/mol. The molecule has 8 heteroatoms. The zero-order chi connectivity index (χ0) is 14.8. The predicted molar refractivity (Wildman–Crippen MR) is 62.0 cm³/mol. The SMILES string of the molecule is CCOC(=O)C(C(=O)OCC)N(C=O)C(=O)OCC. The molecule has 0 aliphatic heterocycles. The molecule has 0 saturated carbocycles. The molecule has 108 valence electrons. The fourth-order valence-electron chi connectivity index (χ4n) is 1.17. The first-order valence-electron chi connectivity index (χ1n) is 5.77. The van der Waals surface area contributed by atoms with Crippen molar-refractivity contribution in [2.24, 2.45) is 0 Å². The highest BCUT2D eigenvalue weighted by molar-refractivity contribution is 6.04. The van der Waals surface area contributed by atoms with Crippen molar-refractivity contribution in [2.45, 2.75) is 26.8 Å². The molecule has 0 fully saturated rings. The molecule has 0 aliphatic carbocycles. The molecule has 0 aromatic carbocycles. The number of imide groups is 1. The standard InChI is InChI=1S/C11H17NO7/c1-4-17-9(14)8(10(15)18-5-2)12(7-13)11(16)19-6-3/h7-8H,4-6H2,1-3H3. The summed E-state index contributed by atoms with van der Waals surface area (Å²) in [5, 5.41) is 0. The van der Waals surface area contributed by atoms with E-state index in [1.165, 1.54) is 20.8 Å². The maximum Gasteiger partial charge on any atom is 0.417 e. The van der Waals surface area contributed by atoms with Crippen molar-refractivity contribution < 1.29 is 33.4 Å². The molecule has 19 heavy (non-hydrogen) atoms. The van der Waals surface area contributed by atoms with Crippen molar-refractivity contribution in [1.29, 1.82) is 0 Å². The summed E-state index contributed by atoms with van der Waals surface area (Å²) in [5.74, 6) is -2.11. The molecule has 0 aromatic rings. The minimum Gasteiger partial charge on any atom is -0.464 e. The first-order valence-corrected chi connectivity index (χ1v) is 5.77. The van der Waals surface area contributed by atoms with Crippen molar-refractivity contribution in [1.82, 2.24) is 4.90 Å². The zero-order valence-electron chi connectivity index (χ0n) is 11.1. The quantitative estimate of drug-likeness (QED) is 0.281. The van der Waals surface area contributed by atoms with Crippen LogP contribution in [0.5, 0.6) is 0 Å². The molecule has 0 unspecified atom stereocenters. The summed E-state index contributed by atoms with van der Waals surface area (Å²) in [6.07, 6.45) is -1.10. The van der Waals surface area contributed by atoms with Gasteiger partial charge in [0.1, 0.15) is 0 Å². The van der Waals surface area contributed by atoms with E-state index in [2.05, 4.69) is 14.2 Å². The fourth-order valence-corrected chi connectivity index (χ4v) is 1.17. The molecule has 0 saturated heterocycles. The molecule has 0 heterocycles. The van der Waals surface area contributed by atoms with Gasteiger partial charge in [-0.3, -0.25) is 4.79 Å². The van der Waals surface area contributed by atoms with Crippen LogP contribution in [0.3, 0.4) is 0 Å². The van der Waals surface area contributed by atoms with Crippen LogP contribution < -0.4 is 0 Å². The van der Waals surface area contributed by atoms with E-state index in [0.717, 1.165) is 0 Å². The van der Waals surface area contributed by atoms with E-state index in [4.69, 9.17) is 0 Å². The van der Waals surface area contributed by atoms with Gasteiger partial charge in [0, 0.05) is 0 Å². The molecule has 0 aliphatic rings. The van der Waals surface area contributed by atoms with Gasteiger partial charge in [-0.15, -0.1) is 0 Å². The second-order valence-electron chi connectivity index (χ2n) is 3.12. The molecule has 0 rings (SSSR count). The van der Waals surface area contributed by atoms with E-state index < -0.39 is 24.1 Å². The van der Waals surface area contributed by atoms with Gasteiger partial charge in [-0.2, -0.15) is 0 Å². The lowest BCUT2D eigenvalue weighted by atomic mass is 10.2. The maximum absolute atomic E-state index is 11.6. The molecule has 2 amide bonds. The summed E-state index contributed by atoms with van der Waals surface area (Å²) >= 11 is 0. The highest BCUT2D eigenvalue weighted by Gasteiger charge is 2.39. The van der Waals surface area contributed by atoms with Crippen molar-refractivity contribution >= 4 is 24.4 Å². The molecular formula is C11H17NO7. The van der Waals surface area contributed by atoms with Gasteiger partial charge < -0.3 is 14.2 Å². The van der Waals surface area contributed by atoms with Gasteiger partial charge in [0.2, 0.25) is 12.5 Å². The Bertz CT molecular complexity index is 324. The summed E-state index contributed by atoms with van der Waals surface area (Å²) in [7, 11) is 0. The van der Waals surface area contributed by atoms with Gasteiger partial charge in [0.25, 0.3) is 0 Å². The van der Waals surface area contributed by atoms with Gasteiger partial charge in [0.15, 0.2) is 0 Å². The van der Waals surface area contributed by atoms with E-state index in [1.54, 1.807) is 0 Å². The number of carbonyl (C=O) groups is 4. The average Bonchev–Trinajstić information content (AvgIpc) is 2.36. The van der Waals surface area contributed by atoms with E-state index in [-0.39, 0.29) is 26.2 Å². The van der Waals surface area contributed by atoms with Gasteiger partial charge in [-0.25, -0.2) is 19.3 Å². The van der Waals surface area contributed by atoms with Crippen LogP contribution in [0.1, 0.15) is 20.8 Å². The summed E-state index contributed by atoms with van der Waals surface area (Å²) in [6, 6.07) is -1.79. The van der Waals surface area contributed by atoms with E-state index in [9.17, 15) is 19.2 Å². The molecule has 0 radical (unpaired) electrons. The number of hydrogen-bond acceptors (Lipinski definition) is 7. The van der Waals surface area contributed by atoms with Crippen molar-refractivity contribution in [3.63, 3.8) is 0 Å². The van der Waals surface area contributed by atoms with Crippen LogP contribution >= 0.6 is 0 Å². The number of amides is 2. The van der Waals surface area contributed by atoms with Gasteiger partial charge in [0.05, 0.1) is 19.8 Å². The number of nitrogens with zero attached hydrogens (tertiary/aromatic N) is 1. The van der Waals surface area contributed by atoms with Crippen LogP contribution in [0.25, 0.3) is 0 Å². The maximum atomic E-state index is 11.6. The highest BCUT2D eigenvalue weighted by atomic mass is 16.6. The molecule has 8 nitrogen and oxygen atoms in total. The Balaban J connectivity index is 5.17. The number of carbonyl (C=O) groups excluding carboxylic acids is 4. The monoisotopic (exact) mass is 275 g/mol. The summed E-state index contributed by atoms with van der Waals surface area (Å²) in [6.45, 7) is 4.53. The van der Waals surface area contributed by atoms with Crippen LogP contribution in [0, 0.1) is 0 Å². The second kappa shape index (κ2) is 8.90. The summed E-state index contributed by atoms with van der Waals surface area (Å²) < 4.78 is 13.8. The Labute approximate surface area is 110 Å². The first-order chi connectivity index (χ1) is 9.03. The number of hydrogen-bond donors (Lipinski definition) is 0. The fraction of sp³-hybridized carbons (Fsp3) is 0.636. The lowest BCUT2D eigenvalue weighted by Gasteiger charge is -2.22. The minimum absolute atomic E-state index is 0.00966. The number of ether oxygens (including phenoxy) is 3. The number of esters is 2. The Hall–Kier alpha value is -2.12. The Morgan fingerprint density at radius 2 is 1.37 bits per heavy atom. The molecule has 0 atom stereocenters. The van der Waals surface area contributed by atoms with Crippen LogP contribution in [0.4, 0.5) is 4.79 Å². The number of rotatable bonds is 7. The van der Waals surface area contributed by atoms with Crippen LogP contribution in [-0.2, 0) is 28.6 Å². The third-order valence-electron chi connectivity index (χ3n) is 1.89. The van der Waals surface area contributed by atoms with Crippen LogP contribution in [0.2, 0.25) is 0 Å². The highest BCUT2D eigenvalue weighted by Crippen LogP contribution is 2.06. The second-order valence-corrected chi connectivity index (χ2v) is 3.12. The van der Waals surface area contributed by atoms with Gasteiger partial charge in [-0.1, -0.05) is 0 Å². The molecule has 0 bridgehead atoms. The van der Waals surface area contributed by atoms with Crippen molar-refractivity contribution in [3.05, 3.63) is 0 Å². The normalized spacial score (nSPS) is 9.68. The van der Waals surface area contributed by atoms with Crippen LogP contribution in [-0.4, -0.2) is 55.2 Å². The third-order valence-corrected chi connectivity index (χ3v) is 1.89. The Morgan fingerprint density at radius 1 is 0.947 bits per heavy atom. The lowest BCUT2D eigenvalue weighted by molar-refractivity contribution is -0.164. The summed E-state index contributed by atoms with van der Waals surface area (Å²) in [4.78, 5) is 46.0. The minimum atomic E-state index is -1.79. The lowest BCUT2D eigenvalue weighted by Crippen LogP contribution is -2.50. The Kier molecular flexibility index (Phi) is 7.90. The Morgan fingerprint density at radius 3 is 1.68 bits per heavy atom. The average molecular weight is 275 g/mol. The predicted octanol–water partition coefficient (Wildman–Crippen LogP) is 0.0961. The largest absolute Gasteiger partial charge is 0.464 e. The van der Waals surface area contributed by atoms with E-state index >= 15 is 0 Å². The van der Waals surface area contributed by atoms with E-state index in [1.807, 2.05) is 0 Å². The smallest absolute Gasteiger partial charge is 0.417 e.